The Morgan fingerprint density at radius 1 is 1.46 bits per heavy atom. The van der Waals surface area contributed by atoms with Crippen molar-refractivity contribution >= 4 is 5.97 Å². The van der Waals surface area contributed by atoms with Gasteiger partial charge in [-0.1, -0.05) is 12.0 Å². The standard InChI is InChI=1S/C15H25N3O6/c1-8(17-18-16)9-10-15(12(20)22-9,24-14(5,6)23-10)7-21-11(19)13(2,3)4/h8-10,12,20H,7H2,1-6H3/t8-,9+,10-,12?,15-/m0/s1. The Hall–Kier alpha value is -1.38. The highest BCUT2D eigenvalue weighted by Gasteiger charge is 2.67. The Morgan fingerprint density at radius 2 is 2.08 bits per heavy atom. The number of fused-ring (bicyclic) bond motifs is 1. The molecule has 0 aromatic heterocycles. The average molecular weight is 343 g/mol. The van der Waals surface area contributed by atoms with Crippen LogP contribution in [0.25, 0.3) is 10.4 Å². The van der Waals surface area contributed by atoms with Gasteiger partial charge in [0.2, 0.25) is 0 Å². The maximum Gasteiger partial charge on any atom is 0.311 e. The number of aliphatic hydroxyl groups is 1. The van der Waals surface area contributed by atoms with E-state index in [-0.39, 0.29) is 6.61 Å². The molecule has 0 aromatic rings. The number of esters is 1. The van der Waals surface area contributed by atoms with Gasteiger partial charge in [0, 0.05) is 4.91 Å². The topological polar surface area (TPSA) is 123 Å². The maximum absolute atomic E-state index is 12.1. The first-order valence-corrected chi connectivity index (χ1v) is 7.86. The van der Waals surface area contributed by atoms with Crippen LogP contribution in [0.2, 0.25) is 0 Å². The molecule has 2 aliphatic heterocycles. The molecule has 0 aromatic carbocycles. The smallest absolute Gasteiger partial charge is 0.311 e. The molecule has 0 radical (unpaired) electrons. The fraction of sp³-hybridized carbons (Fsp3) is 0.933. The van der Waals surface area contributed by atoms with Crippen molar-refractivity contribution < 1.29 is 28.8 Å². The highest BCUT2D eigenvalue weighted by atomic mass is 16.8. The second-order valence-corrected chi connectivity index (χ2v) is 7.72. The molecule has 136 valence electrons. The number of nitrogens with zero attached hydrogens (tertiary/aromatic N) is 3. The highest BCUT2D eigenvalue weighted by Crippen LogP contribution is 2.47. The van der Waals surface area contributed by atoms with E-state index in [1.54, 1.807) is 41.5 Å². The van der Waals surface area contributed by atoms with Crippen molar-refractivity contribution in [3.8, 4) is 0 Å². The minimum absolute atomic E-state index is 0.224. The first-order chi connectivity index (χ1) is 10.9. The Balaban J connectivity index is 2.26. The van der Waals surface area contributed by atoms with Gasteiger partial charge in [0.05, 0.1) is 17.6 Å². The SMILES string of the molecule is C[C@H](N=[N+]=[N-])[C@H]1OC(O)[C@@]2(COC(=O)C(C)(C)C)OC(C)(C)O[C@@H]12. The van der Waals surface area contributed by atoms with Crippen molar-refractivity contribution in [2.24, 2.45) is 10.5 Å². The number of hydrogen-bond donors (Lipinski definition) is 1. The highest BCUT2D eigenvalue weighted by molar-refractivity contribution is 5.75. The van der Waals surface area contributed by atoms with Crippen molar-refractivity contribution in [1.82, 2.24) is 0 Å². The van der Waals surface area contributed by atoms with E-state index >= 15 is 0 Å². The minimum Gasteiger partial charge on any atom is -0.462 e. The molecule has 1 unspecified atom stereocenters. The molecule has 0 spiro atoms. The summed E-state index contributed by atoms with van der Waals surface area (Å²) in [6.45, 7) is 10.0. The molecule has 2 heterocycles. The molecule has 24 heavy (non-hydrogen) atoms. The zero-order chi connectivity index (χ0) is 18.3. The van der Waals surface area contributed by atoms with Gasteiger partial charge in [-0.05, 0) is 40.1 Å². The summed E-state index contributed by atoms with van der Waals surface area (Å²) in [7, 11) is 0. The van der Waals surface area contributed by atoms with Crippen LogP contribution in [0.4, 0.5) is 0 Å². The van der Waals surface area contributed by atoms with Crippen LogP contribution in [-0.4, -0.2) is 53.6 Å². The number of azide groups is 1. The molecule has 0 aliphatic carbocycles. The van der Waals surface area contributed by atoms with Crippen LogP contribution in [-0.2, 0) is 23.7 Å². The number of hydrogen-bond acceptors (Lipinski definition) is 7. The van der Waals surface area contributed by atoms with Crippen molar-refractivity contribution in [2.75, 3.05) is 6.61 Å². The molecule has 2 aliphatic rings. The van der Waals surface area contributed by atoms with Crippen LogP contribution < -0.4 is 0 Å². The number of carbonyl (C=O) groups excluding carboxylic acids is 1. The Bertz CT molecular complexity index is 554. The van der Waals surface area contributed by atoms with Gasteiger partial charge in [-0.15, -0.1) is 0 Å². The molecule has 2 fully saturated rings. The number of aliphatic hydroxyl groups excluding tert-OH is 1. The lowest BCUT2D eigenvalue weighted by atomic mass is 9.93. The lowest BCUT2D eigenvalue weighted by molar-refractivity contribution is -0.255. The number of rotatable bonds is 4. The zero-order valence-corrected chi connectivity index (χ0v) is 14.8. The second-order valence-electron chi connectivity index (χ2n) is 7.72. The van der Waals surface area contributed by atoms with E-state index in [0.717, 1.165) is 0 Å². The van der Waals surface area contributed by atoms with Crippen molar-refractivity contribution in [3.63, 3.8) is 0 Å². The van der Waals surface area contributed by atoms with E-state index in [0.29, 0.717) is 0 Å². The Morgan fingerprint density at radius 3 is 2.62 bits per heavy atom. The van der Waals surface area contributed by atoms with Gasteiger partial charge in [0.1, 0.15) is 12.7 Å². The molecule has 0 saturated carbocycles. The predicted molar refractivity (Wildman–Crippen MR) is 82.7 cm³/mol. The van der Waals surface area contributed by atoms with Crippen molar-refractivity contribution in [3.05, 3.63) is 10.4 Å². The fourth-order valence-electron chi connectivity index (χ4n) is 2.91. The van der Waals surface area contributed by atoms with Crippen molar-refractivity contribution in [2.45, 2.75) is 77.5 Å². The Labute approximate surface area is 140 Å². The van der Waals surface area contributed by atoms with Crippen LogP contribution in [0.3, 0.4) is 0 Å². The van der Waals surface area contributed by atoms with Crippen molar-refractivity contribution in [1.29, 1.82) is 0 Å². The summed E-state index contributed by atoms with van der Waals surface area (Å²) >= 11 is 0. The summed E-state index contributed by atoms with van der Waals surface area (Å²) in [6.07, 6.45) is -2.83. The van der Waals surface area contributed by atoms with E-state index in [1.807, 2.05) is 0 Å². The van der Waals surface area contributed by atoms with Gasteiger partial charge in [-0.3, -0.25) is 4.79 Å². The van der Waals surface area contributed by atoms with Gasteiger partial charge in [0.25, 0.3) is 0 Å². The van der Waals surface area contributed by atoms with Gasteiger partial charge in [-0.25, -0.2) is 0 Å². The molecule has 2 saturated heterocycles. The summed E-state index contributed by atoms with van der Waals surface area (Å²) in [6, 6.07) is -0.590. The summed E-state index contributed by atoms with van der Waals surface area (Å²) in [5.74, 6) is -1.43. The van der Waals surface area contributed by atoms with Gasteiger partial charge < -0.3 is 24.1 Å². The van der Waals surface area contributed by atoms with E-state index in [1.165, 1.54) is 0 Å². The molecular weight excluding hydrogens is 318 g/mol. The quantitative estimate of drug-likeness (QED) is 0.360. The predicted octanol–water partition coefficient (Wildman–Crippen LogP) is 1.88. The third-order valence-electron chi connectivity index (χ3n) is 4.08. The first-order valence-electron chi connectivity index (χ1n) is 7.86. The molecule has 9 heteroatoms. The zero-order valence-electron chi connectivity index (χ0n) is 14.8. The van der Waals surface area contributed by atoms with E-state index in [9.17, 15) is 9.90 Å². The summed E-state index contributed by atoms with van der Waals surface area (Å²) in [5.41, 5.74) is 6.58. The van der Waals surface area contributed by atoms with Gasteiger partial charge in [-0.2, -0.15) is 0 Å². The average Bonchev–Trinajstić information content (AvgIpc) is 2.85. The molecule has 9 nitrogen and oxygen atoms in total. The normalized spacial score (nSPS) is 35.9. The lowest BCUT2D eigenvalue weighted by Crippen LogP contribution is -2.52. The van der Waals surface area contributed by atoms with Gasteiger partial charge in [0.15, 0.2) is 17.7 Å². The van der Waals surface area contributed by atoms with E-state index < -0.39 is 47.3 Å². The van der Waals surface area contributed by atoms with Crippen LogP contribution in [0.15, 0.2) is 5.11 Å². The molecule has 5 atom stereocenters. The summed E-state index contributed by atoms with van der Waals surface area (Å²) < 4.78 is 22.6. The minimum atomic E-state index is -1.38. The van der Waals surface area contributed by atoms with Crippen LogP contribution in [0, 0.1) is 5.41 Å². The molecular formula is C15H25N3O6. The molecule has 1 N–H and O–H groups in total. The van der Waals surface area contributed by atoms with Gasteiger partial charge >= 0.3 is 5.97 Å². The molecule has 0 amide bonds. The monoisotopic (exact) mass is 343 g/mol. The van der Waals surface area contributed by atoms with E-state index in [2.05, 4.69) is 10.0 Å². The third-order valence-corrected chi connectivity index (χ3v) is 4.08. The van der Waals surface area contributed by atoms with Crippen LogP contribution in [0.1, 0.15) is 41.5 Å². The number of ether oxygens (including phenoxy) is 4. The van der Waals surface area contributed by atoms with Crippen LogP contribution >= 0.6 is 0 Å². The summed E-state index contributed by atoms with van der Waals surface area (Å²) in [5, 5.41) is 14.0. The summed E-state index contributed by atoms with van der Waals surface area (Å²) in [4.78, 5) is 14.9. The molecule has 0 bridgehead atoms. The Kier molecular flexibility index (Phi) is 4.87. The largest absolute Gasteiger partial charge is 0.462 e. The fourth-order valence-corrected chi connectivity index (χ4v) is 2.91. The maximum atomic E-state index is 12.1. The second kappa shape index (κ2) is 6.16. The third kappa shape index (κ3) is 3.36. The number of carbonyl (C=O) groups is 1. The van der Waals surface area contributed by atoms with Crippen LogP contribution in [0.5, 0.6) is 0 Å². The van der Waals surface area contributed by atoms with E-state index in [4.69, 9.17) is 24.5 Å². The first kappa shape index (κ1) is 19.0. The molecule has 2 rings (SSSR count). The lowest BCUT2D eigenvalue weighted by Gasteiger charge is -2.30.